The first kappa shape index (κ1) is 21.1. The Hall–Kier alpha value is -2.80. The van der Waals surface area contributed by atoms with Crippen LogP contribution in [0.5, 0.6) is 0 Å². The van der Waals surface area contributed by atoms with Crippen LogP contribution in [0.2, 0.25) is 0 Å². The zero-order valence-corrected chi connectivity index (χ0v) is 18.1. The molecule has 1 saturated heterocycles. The molecule has 2 aromatic carbocycles. The van der Waals surface area contributed by atoms with E-state index < -0.39 is 17.7 Å². The maximum atomic E-state index is 13.7. The van der Waals surface area contributed by atoms with Crippen LogP contribution in [0.1, 0.15) is 49.4 Å². The third kappa shape index (κ3) is 4.01. The van der Waals surface area contributed by atoms with Crippen LogP contribution in [-0.2, 0) is 16.2 Å². The Morgan fingerprint density at radius 3 is 2.50 bits per heavy atom. The summed E-state index contributed by atoms with van der Waals surface area (Å²) in [4.78, 5) is 18.8. The highest BCUT2D eigenvalue weighted by Crippen LogP contribution is 2.37. The molecule has 1 amide bonds. The van der Waals surface area contributed by atoms with Crippen molar-refractivity contribution in [1.29, 1.82) is 0 Å². The Labute approximate surface area is 185 Å². The van der Waals surface area contributed by atoms with Crippen LogP contribution < -0.4 is 0 Å². The van der Waals surface area contributed by atoms with Crippen LogP contribution in [0.4, 0.5) is 8.78 Å². The first-order valence-electron chi connectivity index (χ1n) is 11.3. The van der Waals surface area contributed by atoms with Crippen molar-refractivity contribution >= 4 is 16.8 Å². The van der Waals surface area contributed by atoms with Crippen LogP contribution in [0.15, 0.2) is 42.5 Å². The van der Waals surface area contributed by atoms with Crippen LogP contribution in [0, 0.1) is 30.4 Å². The lowest BCUT2D eigenvalue weighted by molar-refractivity contribution is -0.183. The number of fused-ring (bicyclic) bond motifs is 1. The lowest BCUT2D eigenvalue weighted by atomic mass is 9.81. The Bertz CT molecular complexity index is 1120. The normalized spacial score (nSPS) is 23.7. The number of amides is 1. The smallest absolute Gasteiger partial charge is 0.249 e. The van der Waals surface area contributed by atoms with Gasteiger partial charge in [-0.15, -0.1) is 0 Å². The van der Waals surface area contributed by atoms with Gasteiger partial charge in [0.25, 0.3) is 0 Å². The van der Waals surface area contributed by atoms with E-state index in [0.29, 0.717) is 24.5 Å². The van der Waals surface area contributed by atoms with Crippen LogP contribution in [0.3, 0.4) is 0 Å². The van der Waals surface area contributed by atoms with Gasteiger partial charge in [0.1, 0.15) is 11.6 Å². The molecule has 1 aliphatic heterocycles. The van der Waals surface area contributed by atoms with Gasteiger partial charge in [0.05, 0.1) is 18.2 Å². The number of aryl methyl sites for hydroxylation is 1. The average Bonchev–Trinajstić information content (AvgIpc) is 3.39. The maximum Gasteiger partial charge on any atom is 0.249 e. The molecule has 0 N–H and O–H groups in total. The summed E-state index contributed by atoms with van der Waals surface area (Å²) >= 11 is 0. The summed E-state index contributed by atoms with van der Waals surface area (Å²) in [6, 6.07) is 11.1. The molecule has 2 heterocycles. The predicted molar refractivity (Wildman–Crippen MR) is 116 cm³/mol. The Kier molecular flexibility index (Phi) is 5.67. The fourth-order valence-corrected chi connectivity index (χ4v) is 5.16. The lowest BCUT2D eigenvalue weighted by Crippen LogP contribution is -2.37. The van der Waals surface area contributed by atoms with Gasteiger partial charge in [0.15, 0.2) is 0 Å². The minimum absolute atomic E-state index is 0.0726. The highest BCUT2D eigenvalue weighted by molar-refractivity contribution is 5.81. The monoisotopic (exact) mass is 439 g/mol. The molecule has 3 aromatic rings. The minimum Gasteiger partial charge on any atom is -0.272 e. The lowest BCUT2D eigenvalue weighted by Gasteiger charge is -2.32. The van der Waals surface area contributed by atoms with E-state index in [-0.39, 0.29) is 11.8 Å². The van der Waals surface area contributed by atoms with E-state index in [2.05, 4.69) is 17.7 Å². The standard InChI is InChI=1S/C25H27F2N3O2/c1-16-22-4-2-3-5-23(22)28-29(16)15-17-6-8-18(9-7-17)25(31)30-24(10-11-32-30)19-12-20(26)14-21(27)13-19/h2-5,12-14,17-18,24H,6-11,15H2,1H3/t17-,18-,24-/m0/s1. The molecule has 1 saturated carbocycles. The number of hydroxylamine groups is 2. The highest BCUT2D eigenvalue weighted by Gasteiger charge is 2.37. The van der Waals surface area contributed by atoms with E-state index in [1.807, 2.05) is 18.2 Å². The summed E-state index contributed by atoms with van der Waals surface area (Å²) < 4.78 is 29.5. The molecule has 5 rings (SSSR count). The Balaban J connectivity index is 1.22. The van der Waals surface area contributed by atoms with Crippen LogP contribution >= 0.6 is 0 Å². The maximum absolute atomic E-state index is 13.7. The van der Waals surface area contributed by atoms with E-state index in [0.717, 1.165) is 43.8 Å². The number of aromatic nitrogens is 2. The summed E-state index contributed by atoms with van der Waals surface area (Å²) in [7, 11) is 0. The first-order chi connectivity index (χ1) is 15.5. The number of halogens is 2. The van der Waals surface area contributed by atoms with Gasteiger partial charge >= 0.3 is 0 Å². The van der Waals surface area contributed by atoms with Gasteiger partial charge in [-0.1, -0.05) is 18.2 Å². The second kappa shape index (κ2) is 8.62. The van der Waals surface area contributed by atoms with E-state index in [4.69, 9.17) is 9.94 Å². The molecule has 0 unspecified atom stereocenters. The van der Waals surface area contributed by atoms with E-state index in [1.54, 1.807) is 0 Å². The summed E-state index contributed by atoms with van der Waals surface area (Å²) in [6.45, 7) is 3.33. The highest BCUT2D eigenvalue weighted by atomic mass is 19.1. The molecule has 32 heavy (non-hydrogen) atoms. The van der Waals surface area contributed by atoms with Crippen molar-refractivity contribution in [3.8, 4) is 0 Å². The third-order valence-corrected chi connectivity index (χ3v) is 6.93. The first-order valence-corrected chi connectivity index (χ1v) is 11.3. The van der Waals surface area contributed by atoms with Crippen molar-refractivity contribution in [3.63, 3.8) is 0 Å². The van der Waals surface area contributed by atoms with Gasteiger partial charge in [-0.3, -0.25) is 14.3 Å². The van der Waals surface area contributed by atoms with Gasteiger partial charge in [-0.05, 0) is 62.3 Å². The number of carbonyl (C=O) groups is 1. The molecule has 2 fully saturated rings. The molecule has 0 bridgehead atoms. The molecule has 1 aliphatic carbocycles. The van der Waals surface area contributed by atoms with E-state index >= 15 is 0 Å². The van der Waals surface area contributed by atoms with E-state index in [1.165, 1.54) is 28.3 Å². The molecule has 0 spiro atoms. The number of hydrogen-bond acceptors (Lipinski definition) is 3. The quantitative estimate of drug-likeness (QED) is 0.552. The SMILES string of the molecule is Cc1c2ccccc2nn1C[C@H]1CC[C@H](C(=O)N2OCC[C@H]2c2cc(F)cc(F)c2)CC1. The second-order valence-electron chi connectivity index (χ2n) is 9.01. The van der Waals surface area contributed by atoms with Crippen molar-refractivity contribution < 1.29 is 18.4 Å². The molecule has 5 nitrogen and oxygen atoms in total. The summed E-state index contributed by atoms with van der Waals surface area (Å²) in [5, 5.41) is 7.29. The van der Waals surface area contributed by atoms with Crippen molar-refractivity contribution in [1.82, 2.24) is 14.8 Å². The summed E-state index contributed by atoms with van der Waals surface area (Å²) in [6.07, 6.45) is 4.00. The fourth-order valence-electron chi connectivity index (χ4n) is 5.16. The molecule has 168 valence electrons. The van der Waals surface area contributed by atoms with Crippen molar-refractivity contribution in [2.75, 3.05) is 6.61 Å². The van der Waals surface area contributed by atoms with E-state index in [9.17, 15) is 13.6 Å². The molecular formula is C25H27F2N3O2. The van der Waals surface area contributed by atoms with Crippen molar-refractivity contribution in [3.05, 3.63) is 65.4 Å². The second-order valence-corrected chi connectivity index (χ2v) is 9.01. The van der Waals surface area contributed by atoms with Gasteiger partial charge in [0, 0.05) is 36.0 Å². The fraction of sp³-hybridized carbons (Fsp3) is 0.440. The third-order valence-electron chi connectivity index (χ3n) is 6.93. The van der Waals surface area contributed by atoms with Crippen molar-refractivity contribution in [2.24, 2.45) is 11.8 Å². The predicted octanol–water partition coefficient (Wildman–Crippen LogP) is 5.33. The molecule has 1 aromatic heterocycles. The molecule has 7 heteroatoms. The summed E-state index contributed by atoms with van der Waals surface area (Å²) in [5.41, 5.74) is 2.64. The van der Waals surface area contributed by atoms with Gasteiger partial charge in [-0.25, -0.2) is 13.8 Å². The zero-order chi connectivity index (χ0) is 22.2. The largest absolute Gasteiger partial charge is 0.272 e. The zero-order valence-electron chi connectivity index (χ0n) is 18.1. The van der Waals surface area contributed by atoms with Gasteiger partial charge in [0.2, 0.25) is 5.91 Å². The van der Waals surface area contributed by atoms with Crippen LogP contribution in [0.25, 0.3) is 10.9 Å². The molecule has 2 aliphatic rings. The Morgan fingerprint density at radius 1 is 1.06 bits per heavy atom. The Morgan fingerprint density at radius 2 is 1.78 bits per heavy atom. The minimum atomic E-state index is -0.638. The number of rotatable bonds is 4. The molecule has 0 radical (unpaired) electrons. The number of carbonyl (C=O) groups excluding carboxylic acids is 1. The number of benzene rings is 2. The number of hydrogen-bond donors (Lipinski definition) is 0. The molecular weight excluding hydrogens is 412 g/mol. The van der Waals surface area contributed by atoms with Gasteiger partial charge < -0.3 is 0 Å². The topological polar surface area (TPSA) is 47.4 Å². The van der Waals surface area contributed by atoms with Crippen molar-refractivity contribution in [2.45, 2.75) is 51.6 Å². The number of nitrogens with zero attached hydrogens (tertiary/aromatic N) is 3. The summed E-state index contributed by atoms with van der Waals surface area (Å²) in [5.74, 6) is -0.998. The van der Waals surface area contributed by atoms with Gasteiger partial charge in [-0.2, -0.15) is 5.10 Å². The van der Waals surface area contributed by atoms with Crippen LogP contribution in [-0.4, -0.2) is 27.4 Å². The molecule has 1 atom stereocenters. The average molecular weight is 440 g/mol.